The number of allylic oxidation sites excluding steroid dienone is 10. The highest BCUT2D eigenvalue weighted by atomic mass is 16.7. The average Bonchev–Trinajstić information content (AvgIpc) is 1.51. The topological polar surface area (TPSA) is 201 Å². The Kier molecular flexibility index (Phi) is 46.1. The molecule has 8 rings (SSSR count). The van der Waals surface area contributed by atoms with E-state index in [0.29, 0.717) is 86.5 Å². The number of hydrogen-bond acceptors (Lipinski definition) is 16. The number of methoxy groups -OCH3 is 1. The van der Waals surface area contributed by atoms with Gasteiger partial charge in [-0.3, -0.25) is 24.0 Å². The Morgan fingerprint density at radius 1 is 0.395 bits per heavy atom. The molecule has 2 heterocycles. The minimum atomic E-state index is -0.749. The van der Waals surface area contributed by atoms with E-state index in [9.17, 15) is 28.8 Å². The number of rotatable bonds is 47. The lowest BCUT2D eigenvalue weighted by Crippen LogP contribution is -2.48. The van der Waals surface area contributed by atoms with Crippen LogP contribution in [0.25, 0.3) is 0 Å². The number of Topliss-reactive ketones (excluding diaryl/α,β-unsaturated/α-hetero) is 1. The normalized spacial score (nSPS) is 17.9. The molecular weight excluding hydrogens is 1550 g/mol. The van der Waals surface area contributed by atoms with E-state index in [1.165, 1.54) is 42.4 Å². The first-order chi connectivity index (χ1) is 59.5. The van der Waals surface area contributed by atoms with E-state index in [0.717, 1.165) is 140 Å². The van der Waals surface area contributed by atoms with Gasteiger partial charge >= 0.3 is 29.8 Å². The van der Waals surface area contributed by atoms with Gasteiger partial charge in [-0.15, -0.1) is 0 Å². The quantitative estimate of drug-likeness (QED) is 0.0154. The summed E-state index contributed by atoms with van der Waals surface area (Å²) in [4.78, 5) is 90.2. The second-order valence-corrected chi connectivity index (χ2v) is 34.8. The van der Waals surface area contributed by atoms with Crippen molar-refractivity contribution in [2.75, 3.05) is 7.11 Å². The van der Waals surface area contributed by atoms with Crippen LogP contribution in [-0.2, 0) is 59.4 Å². The number of carbonyl (C=O) groups is 6. The molecule has 680 valence electrons. The van der Waals surface area contributed by atoms with Crippen molar-refractivity contribution in [2.24, 2.45) is 21.1 Å². The van der Waals surface area contributed by atoms with Crippen molar-refractivity contribution in [1.29, 1.82) is 0 Å². The smallest absolute Gasteiger partial charge is 0.311 e. The van der Waals surface area contributed by atoms with Crippen LogP contribution < -0.4 is 23.7 Å². The Balaban J connectivity index is 0.00000195. The van der Waals surface area contributed by atoms with Crippen molar-refractivity contribution >= 4 is 47.1 Å². The van der Waals surface area contributed by atoms with E-state index >= 15 is 0 Å². The maximum Gasteiger partial charge on any atom is 0.311 e. The Labute approximate surface area is 746 Å². The van der Waals surface area contributed by atoms with Crippen LogP contribution in [-0.4, -0.2) is 66.4 Å². The van der Waals surface area contributed by atoms with Gasteiger partial charge in [-0.05, 0) is 244 Å². The third-order valence-corrected chi connectivity index (χ3v) is 24.4. The molecule has 16 nitrogen and oxygen atoms in total. The number of oxime groups is 2. The first kappa shape index (κ1) is 105. The van der Waals surface area contributed by atoms with Gasteiger partial charge in [0.1, 0.15) is 52.5 Å². The van der Waals surface area contributed by atoms with Gasteiger partial charge in [-0.25, -0.2) is 0 Å². The SMILES string of the molecule is CC/C=C(/C)CC.CC/C=C(/C)CCC1ON=C(C(CCCC)(c2ccc(OC)cc2)c2ccc(OC(=O)CCCCC(=O)OC3=CC=C(C(C)(C)c4ccc(OC(=O)CCCCC(=O)Oc5ccc(C(CCCC)(C6=NOC(CC/C(C)=C\CC)C6(C)CC)c6ccc(OC(=O)CCCCC(C)=O)cc6)cc5)cc4)CC3)cc2)C1(C)CC.CCC.CCC. The zero-order chi connectivity index (χ0) is 91.3. The van der Waals surface area contributed by atoms with Crippen molar-refractivity contribution in [1.82, 2.24) is 0 Å². The van der Waals surface area contributed by atoms with Crippen LogP contribution >= 0.6 is 0 Å². The number of ketones is 1. The van der Waals surface area contributed by atoms with Crippen molar-refractivity contribution < 1.29 is 66.9 Å². The van der Waals surface area contributed by atoms with Gasteiger partial charge in [-0.1, -0.05) is 267 Å². The number of hydrogen-bond donors (Lipinski definition) is 0. The first-order valence-electron chi connectivity index (χ1n) is 47.0. The minimum Gasteiger partial charge on any atom is -0.497 e. The zero-order valence-corrected chi connectivity index (χ0v) is 79.8. The molecule has 0 amide bonds. The number of benzene rings is 5. The number of ether oxygens (including phenoxy) is 6. The Hall–Kier alpha value is -9.44. The maximum atomic E-state index is 13.4. The van der Waals surface area contributed by atoms with Crippen LogP contribution in [0.2, 0.25) is 0 Å². The summed E-state index contributed by atoms with van der Waals surface area (Å²) in [6, 6.07) is 39.1. The molecule has 0 N–H and O–H groups in total. The Morgan fingerprint density at radius 3 is 0.976 bits per heavy atom. The summed E-state index contributed by atoms with van der Waals surface area (Å²) in [6.07, 6.45) is 33.2. The van der Waals surface area contributed by atoms with Crippen LogP contribution in [0.1, 0.15) is 372 Å². The van der Waals surface area contributed by atoms with E-state index in [2.05, 4.69) is 174 Å². The summed E-state index contributed by atoms with van der Waals surface area (Å²) in [5, 5.41) is 10.1. The summed E-state index contributed by atoms with van der Waals surface area (Å²) < 4.78 is 34.8. The highest BCUT2D eigenvalue weighted by Gasteiger charge is 2.56. The monoisotopic (exact) mass is 1700 g/mol. The highest BCUT2D eigenvalue weighted by Crippen LogP contribution is 2.54. The second kappa shape index (κ2) is 54.4. The predicted molar refractivity (Wildman–Crippen MR) is 507 cm³/mol. The van der Waals surface area contributed by atoms with Crippen LogP contribution in [0.5, 0.6) is 28.7 Å². The lowest BCUT2D eigenvalue weighted by atomic mass is 9.59. The molecule has 124 heavy (non-hydrogen) atoms. The molecule has 0 spiro atoms. The molecule has 1 aliphatic carbocycles. The molecule has 2 aliphatic heterocycles. The number of esters is 5. The molecule has 6 unspecified atom stereocenters. The van der Waals surface area contributed by atoms with Crippen molar-refractivity contribution in [3.63, 3.8) is 0 Å². The molecule has 0 aromatic heterocycles. The van der Waals surface area contributed by atoms with E-state index < -0.39 is 28.2 Å². The average molecular weight is 1700 g/mol. The Bertz CT molecular complexity index is 4330. The van der Waals surface area contributed by atoms with Gasteiger partial charge in [0.2, 0.25) is 0 Å². The van der Waals surface area contributed by atoms with Crippen molar-refractivity contribution in [2.45, 2.75) is 372 Å². The number of carbonyl (C=O) groups excluding carboxylic acids is 6. The second-order valence-electron chi connectivity index (χ2n) is 34.8. The summed E-state index contributed by atoms with van der Waals surface area (Å²) in [5.41, 5.74) is 9.94. The van der Waals surface area contributed by atoms with Gasteiger partial charge in [0.25, 0.3) is 0 Å². The standard InChI is InChI=1S/C95H124N2O14.C7H14.2C3H8/c1-15-21-65-94(72-43-51-76(104-14)52-44-72,89-92(12,19-5)82(110-96-89)63-37-67(7)29-17-3)73-45-57-80(58-46-73)108-87(102)35-27-25-33-85(100)105-77-53-39-70(40-54-77)91(10,11)71-41-55-78(56-42-71)106-86(101)34-26-28-36-88(103)109-81-61-49-75(50-62-81)95(66-22-16-2,90-93(13,20-6)83(111-97-90)64-38-68(8)30-18-4)74-47-59-79(60-48-74)107-84(99)32-24-23-31-69(9)98;1-4-6-7(3)5-2;2*1-3-2/h29-30,39,41-53,55-62,82-83H,15-28,31-38,40,54,63-66H2,1-14H3;6H,4-5H2,1-3H3;2*3H2,1-2H3/b67-29-,68-30-;7-6-;;. The van der Waals surface area contributed by atoms with Gasteiger partial charge < -0.3 is 42.9 Å². The third-order valence-electron chi connectivity index (χ3n) is 24.4. The minimum absolute atomic E-state index is 0.0807. The zero-order valence-electron chi connectivity index (χ0n) is 79.8. The molecule has 0 saturated carbocycles. The molecule has 0 radical (unpaired) electrons. The summed E-state index contributed by atoms with van der Waals surface area (Å²) in [6.45, 7) is 42.9. The van der Waals surface area contributed by atoms with Gasteiger partial charge in [0, 0.05) is 61.2 Å². The molecule has 0 fully saturated rings. The molecule has 3 aliphatic rings. The number of unbranched alkanes of at least 4 members (excludes halogenated alkanes) is 5. The lowest BCUT2D eigenvalue weighted by molar-refractivity contribution is -0.140. The largest absolute Gasteiger partial charge is 0.497 e. The van der Waals surface area contributed by atoms with E-state index in [-0.39, 0.29) is 78.8 Å². The lowest BCUT2D eigenvalue weighted by Gasteiger charge is -2.42. The predicted octanol–water partition coefficient (Wildman–Crippen LogP) is 28.6. The molecule has 6 atom stereocenters. The number of nitrogens with zero attached hydrogens (tertiary/aromatic N) is 2. The van der Waals surface area contributed by atoms with Gasteiger partial charge in [-0.2, -0.15) is 0 Å². The molecule has 16 heteroatoms. The van der Waals surface area contributed by atoms with Crippen LogP contribution in [0.15, 0.2) is 190 Å². The highest BCUT2D eigenvalue weighted by molar-refractivity contribution is 6.04. The van der Waals surface area contributed by atoms with E-state index in [1.54, 1.807) is 26.2 Å². The van der Waals surface area contributed by atoms with E-state index in [1.807, 2.05) is 97.1 Å². The van der Waals surface area contributed by atoms with Gasteiger partial charge in [0.15, 0.2) is 0 Å². The first-order valence-corrected chi connectivity index (χ1v) is 47.0. The van der Waals surface area contributed by atoms with E-state index in [4.69, 9.17) is 48.4 Å². The fraction of sp³-hybridized carbons (Fsp3) is 0.556. The molecule has 5 aromatic rings. The molecule has 5 aromatic carbocycles. The summed E-state index contributed by atoms with van der Waals surface area (Å²) >= 11 is 0. The Morgan fingerprint density at radius 2 is 0.702 bits per heavy atom. The van der Waals surface area contributed by atoms with Gasteiger partial charge in [0.05, 0.1) is 29.4 Å². The summed E-state index contributed by atoms with van der Waals surface area (Å²) in [7, 11) is 1.68. The fourth-order valence-electron chi connectivity index (χ4n) is 16.6. The molecule has 0 saturated heterocycles. The van der Waals surface area contributed by atoms with Crippen LogP contribution in [0.3, 0.4) is 0 Å². The van der Waals surface area contributed by atoms with Crippen LogP contribution in [0.4, 0.5) is 0 Å². The fourth-order valence-corrected chi connectivity index (χ4v) is 16.6. The van der Waals surface area contributed by atoms with Crippen molar-refractivity contribution in [3.05, 3.63) is 208 Å². The van der Waals surface area contributed by atoms with Crippen LogP contribution in [0, 0.1) is 10.8 Å². The van der Waals surface area contributed by atoms with Crippen molar-refractivity contribution in [3.8, 4) is 28.7 Å². The third kappa shape index (κ3) is 31.0. The molecule has 0 bridgehead atoms. The molecular formula is C108H154N2O14. The summed E-state index contributed by atoms with van der Waals surface area (Å²) in [5.74, 6) is 1.33. The maximum absolute atomic E-state index is 13.4.